The highest BCUT2D eigenvalue weighted by molar-refractivity contribution is 6.01. The summed E-state index contributed by atoms with van der Waals surface area (Å²) in [6.45, 7) is 1.42. The highest BCUT2D eigenvalue weighted by Crippen LogP contribution is 2.23. The predicted octanol–water partition coefficient (Wildman–Crippen LogP) is -0.489. The van der Waals surface area contributed by atoms with Crippen LogP contribution >= 0.6 is 0 Å². The minimum absolute atomic E-state index is 0.202. The lowest BCUT2D eigenvalue weighted by Gasteiger charge is -2.16. The molecule has 0 saturated heterocycles. The van der Waals surface area contributed by atoms with Crippen LogP contribution in [-0.2, 0) is 11.8 Å². The second-order valence-electron chi connectivity index (χ2n) is 4.67. The highest BCUT2D eigenvalue weighted by Gasteiger charge is 2.14. The van der Waals surface area contributed by atoms with Crippen LogP contribution < -0.4 is 17.0 Å². The van der Waals surface area contributed by atoms with E-state index in [2.05, 4.69) is 38.8 Å². The standard InChI is InChI=1S/C12H17N9O.C2H2/c1-7(22)15-10-5-8(11(16-13)20(2)14)4-9(6-10)12-17-18-19-21(12)3;1-2/h4-6H,13-14H2,1-3H3,(H,15,22);1-2H/b16-11-;. The van der Waals surface area contributed by atoms with Gasteiger partial charge in [-0.25, -0.2) is 10.5 Å². The van der Waals surface area contributed by atoms with Gasteiger partial charge in [-0.3, -0.25) is 9.80 Å². The zero-order valence-corrected chi connectivity index (χ0v) is 13.6. The quantitative estimate of drug-likeness (QED) is 0.227. The van der Waals surface area contributed by atoms with Gasteiger partial charge in [-0.1, -0.05) is 0 Å². The second kappa shape index (κ2) is 8.25. The van der Waals surface area contributed by atoms with E-state index in [1.165, 1.54) is 16.6 Å². The van der Waals surface area contributed by atoms with Crippen molar-refractivity contribution in [1.82, 2.24) is 25.2 Å². The molecule has 2 aromatic rings. The van der Waals surface area contributed by atoms with Crippen molar-refractivity contribution >= 4 is 17.4 Å². The Hall–Kier alpha value is -3.45. The van der Waals surface area contributed by atoms with E-state index >= 15 is 0 Å². The number of rotatable bonds is 3. The van der Waals surface area contributed by atoms with Gasteiger partial charge in [-0.2, -0.15) is 5.10 Å². The highest BCUT2D eigenvalue weighted by atomic mass is 16.1. The number of carbonyl (C=O) groups excluding carboxylic acids is 1. The molecule has 126 valence electrons. The van der Waals surface area contributed by atoms with Gasteiger partial charge in [0.25, 0.3) is 0 Å². The van der Waals surface area contributed by atoms with E-state index < -0.39 is 0 Å². The average Bonchev–Trinajstić information content (AvgIpc) is 2.95. The Morgan fingerprint density at radius 2 is 2.04 bits per heavy atom. The number of hydrazone groups is 1. The third-order valence-corrected chi connectivity index (χ3v) is 2.85. The normalized spacial score (nSPS) is 10.5. The van der Waals surface area contributed by atoms with Crippen molar-refractivity contribution in [2.75, 3.05) is 12.4 Å². The van der Waals surface area contributed by atoms with Crippen molar-refractivity contribution < 1.29 is 4.79 Å². The molecule has 1 heterocycles. The second-order valence-corrected chi connectivity index (χ2v) is 4.67. The molecule has 0 saturated carbocycles. The van der Waals surface area contributed by atoms with Gasteiger partial charge in [0.15, 0.2) is 11.7 Å². The van der Waals surface area contributed by atoms with Crippen LogP contribution in [0.3, 0.4) is 0 Å². The monoisotopic (exact) mass is 329 g/mol. The van der Waals surface area contributed by atoms with Gasteiger partial charge in [0.05, 0.1) is 0 Å². The van der Waals surface area contributed by atoms with E-state index in [-0.39, 0.29) is 5.91 Å². The van der Waals surface area contributed by atoms with Crippen molar-refractivity contribution in [3.63, 3.8) is 0 Å². The number of aromatic nitrogens is 4. The van der Waals surface area contributed by atoms with Gasteiger partial charge in [-0.15, -0.1) is 17.9 Å². The molecule has 0 spiro atoms. The number of terminal acetylenes is 1. The summed E-state index contributed by atoms with van der Waals surface area (Å²) in [4.78, 5) is 11.3. The molecule has 1 aromatic carbocycles. The van der Waals surface area contributed by atoms with Gasteiger partial charge < -0.3 is 11.2 Å². The molecule has 1 aromatic heterocycles. The summed E-state index contributed by atoms with van der Waals surface area (Å²) in [5.41, 5.74) is 1.87. The topological polar surface area (TPSA) is 140 Å². The van der Waals surface area contributed by atoms with Gasteiger partial charge in [0.2, 0.25) is 5.91 Å². The van der Waals surface area contributed by atoms with E-state index in [0.717, 1.165) is 0 Å². The molecule has 1 amide bonds. The first-order valence-electron chi connectivity index (χ1n) is 6.67. The van der Waals surface area contributed by atoms with Crippen molar-refractivity contribution in [2.24, 2.45) is 23.8 Å². The molecule has 0 aliphatic carbocycles. The number of nitrogens with two attached hydrogens (primary N) is 2. The van der Waals surface area contributed by atoms with Crippen molar-refractivity contribution in [2.45, 2.75) is 6.92 Å². The average molecular weight is 329 g/mol. The first kappa shape index (κ1) is 18.6. The molecule has 10 heteroatoms. The van der Waals surface area contributed by atoms with Crippen molar-refractivity contribution in [1.29, 1.82) is 0 Å². The molecular weight excluding hydrogens is 310 g/mol. The Morgan fingerprint density at radius 3 is 2.50 bits per heavy atom. The summed E-state index contributed by atoms with van der Waals surface area (Å²) in [6, 6.07) is 5.25. The number of aryl methyl sites for hydroxylation is 1. The number of nitrogens with one attached hydrogen (secondary N) is 1. The summed E-state index contributed by atoms with van der Waals surface area (Å²) >= 11 is 0. The first-order chi connectivity index (χ1) is 11.4. The Bertz CT molecular complexity index is 761. The van der Waals surface area contributed by atoms with Crippen LogP contribution in [0.4, 0.5) is 5.69 Å². The molecule has 5 N–H and O–H groups in total. The Balaban J connectivity index is 0.00000139. The maximum atomic E-state index is 11.3. The van der Waals surface area contributed by atoms with E-state index in [1.54, 1.807) is 32.3 Å². The number of nitrogens with zero attached hydrogens (tertiary/aromatic N) is 6. The lowest BCUT2D eigenvalue weighted by molar-refractivity contribution is -0.114. The smallest absolute Gasteiger partial charge is 0.221 e. The summed E-state index contributed by atoms with van der Waals surface area (Å²) in [5, 5.41) is 19.0. The molecule has 0 bridgehead atoms. The summed E-state index contributed by atoms with van der Waals surface area (Å²) in [5.74, 6) is 11.8. The maximum Gasteiger partial charge on any atom is 0.221 e. The number of carbonyl (C=O) groups is 1. The predicted molar refractivity (Wildman–Crippen MR) is 91.1 cm³/mol. The molecule has 0 aliphatic heterocycles. The third kappa shape index (κ3) is 4.28. The van der Waals surface area contributed by atoms with E-state index in [1.807, 2.05) is 0 Å². The van der Waals surface area contributed by atoms with Crippen LogP contribution in [0.1, 0.15) is 12.5 Å². The largest absolute Gasteiger partial charge is 0.326 e. The zero-order valence-electron chi connectivity index (χ0n) is 13.6. The number of amidine groups is 1. The van der Waals surface area contributed by atoms with Crippen LogP contribution in [0.15, 0.2) is 23.3 Å². The Labute approximate surface area is 139 Å². The van der Waals surface area contributed by atoms with E-state index in [0.29, 0.717) is 28.5 Å². The molecule has 2 rings (SSSR count). The van der Waals surface area contributed by atoms with Gasteiger partial charge in [0.1, 0.15) is 0 Å². The SMILES string of the molecule is C#C.CC(=O)Nc1cc(/C(=N/N)N(C)N)cc(-c2nnnn2C)c1. The Morgan fingerprint density at radius 1 is 1.38 bits per heavy atom. The lowest BCUT2D eigenvalue weighted by Crippen LogP contribution is -2.34. The molecule has 0 aliphatic rings. The van der Waals surface area contributed by atoms with E-state index in [4.69, 9.17) is 11.7 Å². The van der Waals surface area contributed by atoms with E-state index in [9.17, 15) is 4.79 Å². The fraction of sp³-hybridized carbons (Fsp3) is 0.214. The molecule has 0 radical (unpaired) electrons. The van der Waals surface area contributed by atoms with Gasteiger partial charge in [-0.05, 0) is 28.6 Å². The van der Waals surface area contributed by atoms with Crippen molar-refractivity contribution in [3.8, 4) is 24.2 Å². The van der Waals surface area contributed by atoms with Crippen LogP contribution in [0.5, 0.6) is 0 Å². The number of hydrazine groups is 1. The van der Waals surface area contributed by atoms with Crippen molar-refractivity contribution in [3.05, 3.63) is 23.8 Å². The summed E-state index contributed by atoms with van der Waals surface area (Å²) in [6.07, 6.45) is 8.00. The van der Waals surface area contributed by atoms with Gasteiger partial charge in [0, 0.05) is 37.8 Å². The number of tetrazole rings is 1. The zero-order chi connectivity index (χ0) is 18.3. The number of anilines is 1. The first-order valence-corrected chi connectivity index (χ1v) is 6.67. The number of amides is 1. The molecule has 0 fully saturated rings. The Kier molecular flexibility index (Phi) is 6.40. The summed E-state index contributed by atoms with van der Waals surface area (Å²) < 4.78 is 1.52. The molecule has 0 atom stereocenters. The van der Waals surface area contributed by atoms with Crippen LogP contribution in [-0.4, -0.2) is 44.0 Å². The number of hydrogen-bond acceptors (Lipinski definition) is 7. The van der Waals surface area contributed by atoms with Crippen LogP contribution in [0, 0.1) is 12.8 Å². The fourth-order valence-corrected chi connectivity index (χ4v) is 2.00. The third-order valence-electron chi connectivity index (χ3n) is 2.85. The van der Waals surface area contributed by atoms with Gasteiger partial charge >= 0.3 is 0 Å². The number of hydrogen-bond donors (Lipinski definition) is 3. The minimum Gasteiger partial charge on any atom is -0.326 e. The molecule has 24 heavy (non-hydrogen) atoms. The molecular formula is C14H19N9O. The fourth-order valence-electron chi connectivity index (χ4n) is 2.00. The lowest BCUT2D eigenvalue weighted by atomic mass is 10.1. The van der Waals surface area contributed by atoms with Crippen LogP contribution in [0.25, 0.3) is 11.4 Å². The number of benzene rings is 1. The summed E-state index contributed by atoms with van der Waals surface area (Å²) in [7, 11) is 3.33. The van der Waals surface area contributed by atoms with Crippen LogP contribution in [0.2, 0.25) is 0 Å². The minimum atomic E-state index is -0.202. The molecule has 0 unspecified atom stereocenters. The molecule has 10 nitrogen and oxygen atoms in total. The maximum absolute atomic E-state index is 11.3.